The van der Waals surface area contributed by atoms with E-state index in [1.165, 1.54) is 6.21 Å². The van der Waals surface area contributed by atoms with Crippen molar-refractivity contribution in [2.75, 3.05) is 7.11 Å². The van der Waals surface area contributed by atoms with Crippen molar-refractivity contribution >= 4 is 29.6 Å². The monoisotopic (exact) mass is 436 g/mol. The van der Waals surface area contributed by atoms with Crippen LogP contribution >= 0.6 is 11.6 Å². The van der Waals surface area contributed by atoms with Gasteiger partial charge in [0.05, 0.1) is 25.2 Å². The standard InChI is InChI=1S/C24H21ClN2O4/c1-30-19-8-4-6-16(22(19)31-13-17-5-2-3-7-18(17)25)12-26-27-23(28)20-14-9-10-15(11-14)21(20)24(27)29/h2-10,12,14-15,20-21H,11,13H2,1H3. The molecule has 7 heteroatoms. The van der Waals surface area contributed by atoms with Crippen LogP contribution in [0.5, 0.6) is 11.5 Å². The van der Waals surface area contributed by atoms with Crippen molar-refractivity contribution in [1.29, 1.82) is 0 Å². The minimum Gasteiger partial charge on any atom is -0.493 e. The summed E-state index contributed by atoms with van der Waals surface area (Å²) in [6, 6.07) is 12.8. The smallest absolute Gasteiger partial charge is 0.254 e. The van der Waals surface area contributed by atoms with Gasteiger partial charge in [0, 0.05) is 16.1 Å². The minimum absolute atomic E-state index is 0.151. The number of methoxy groups -OCH3 is 1. The molecule has 2 aliphatic carbocycles. The van der Waals surface area contributed by atoms with Gasteiger partial charge in [-0.2, -0.15) is 10.1 Å². The van der Waals surface area contributed by atoms with Crippen LogP contribution in [0, 0.1) is 23.7 Å². The van der Waals surface area contributed by atoms with Gasteiger partial charge in [-0.3, -0.25) is 9.59 Å². The molecule has 0 aromatic heterocycles. The maximum atomic E-state index is 12.9. The lowest BCUT2D eigenvalue weighted by atomic mass is 9.85. The van der Waals surface area contributed by atoms with Crippen LogP contribution in [0.25, 0.3) is 0 Å². The molecule has 4 atom stereocenters. The highest BCUT2D eigenvalue weighted by Crippen LogP contribution is 2.52. The zero-order valence-corrected chi connectivity index (χ0v) is 17.7. The van der Waals surface area contributed by atoms with Crippen LogP contribution in [0.3, 0.4) is 0 Å². The van der Waals surface area contributed by atoms with Gasteiger partial charge in [-0.1, -0.05) is 48.0 Å². The topological polar surface area (TPSA) is 68.2 Å². The Labute approximate surface area is 185 Å². The van der Waals surface area contributed by atoms with Crippen LogP contribution in [0.2, 0.25) is 5.02 Å². The number of ether oxygens (including phenoxy) is 2. The van der Waals surface area contributed by atoms with E-state index in [-0.39, 0.29) is 42.1 Å². The molecule has 158 valence electrons. The summed E-state index contributed by atoms with van der Waals surface area (Å²) in [6.07, 6.45) is 6.50. The summed E-state index contributed by atoms with van der Waals surface area (Å²) in [5.41, 5.74) is 1.43. The molecule has 2 aromatic carbocycles. The number of benzene rings is 2. The zero-order valence-electron chi connectivity index (χ0n) is 16.9. The fourth-order valence-electron chi connectivity index (χ4n) is 4.84. The van der Waals surface area contributed by atoms with Gasteiger partial charge in [0.15, 0.2) is 11.5 Å². The van der Waals surface area contributed by atoms with Crippen molar-refractivity contribution in [3.63, 3.8) is 0 Å². The molecule has 1 saturated carbocycles. The van der Waals surface area contributed by atoms with Crippen molar-refractivity contribution in [2.45, 2.75) is 13.0 Å². The Kier molecular flexibility index (Phi) is 5.02. The molecule has 0 spiro atoms. The predicted octanol–water partition coefficient (Wildman–Crippen LogP) is 4.07. The largest absolute Gasteiger partial charge is 0.493 e. The number of para-hydroxylation sites is 1. The molecule has 4 unspecified atom stereocenters. The molecule has 2 bridgehead atoms. The SMILES string of the molecule is COc1cccc(C=NN2C(=O)C3C4C=CC(C4)C3C2=O)c1OCc1ccccc1Cl. The third kappa shape index (κ3) is 3.31. The van der Waals surface area contributed by atoms with Crippen molar-refractivity contribution in [2.24, 2.45) is 28.8 Å². The van der Waals surface area contributed by atoms with Gasteiger partial charge < -0.3 is 9.47 Å². The summed E-state index contributed by atoms with van der Waals surface area (Å²) in [4.78, 5) is 25.7. The molecule has 31 heavy (non-hydrogen) atoms. The number of rotatable bonds is 6. The molecule has 1 heterocycles. The second kappa shape index (κ2) is 7.85. The van der Waals surface area contributed by atoms with Gasteiger partial charge in [-0.15, -0.1) is 0 Å². The first-order chi connectivity index (χ1) is 15.1. The number of fused-ring (bicyclic) bond motifs is 5. The first-order valence-electron chi connectivity index (χ1n) is 10.2. The summed E-state index contributed by atoms with van der Waals surface area (Å²) >= 11 is 6.23. The van der Waals surface area contributed by atoms with E-state index in [0.717, 1.165) is 17.0 Å². The minimum atomic E-state index is -0.277. The summed E-state index contributed by atoms with van der Waals surface area (Å²) in [5.74, 6) is 0.302. The Morgan fingerprint density at radius 2 is 1.77 bits per heavy atom. The van der Waals surface area contributed by atoms with E-state index in [9.17, 15) is 9.59 Å². The van der Waals surface area contributed by atoms with E-state index in [4.69, 9.17) is 21.1 Å². The zero-order chi connectivity index (χ0) is 21.5. The highest BCUT2D eigenvalue weighted by molar-refractivity contribution is 6.31. The fraction of sp³-hybridized carbons (Fsp3) is 0.292. The molecule has 2 aromatic rings. The molecule has 5 rings (SSSR count). The summed E-state index contributed by atoms with van der Waals surface area (Å²) < 4.78 is 11.5. The number of halogens is 1. The van der Waals surface area contributed by atoms with Crippen molar-refractivity contribution in [3.05, 3.63) is 70.8 Å². The predicted molar refractivity (Wildman–Crippen MR) is 116 cm³/mol. The highest BCUT2D eigenvalue weighted by Gasteiger charge is 2.59. The third-order valence-corrected chi connectivity index (χ3v) is 6.69. The van der Waals surface area contributed by atoms with Gasteiger partial charge in [0.2, 0.25) is 0 Å². The van der Waals surface area contributed by atoms with Crippen LogP contribution in [0.15, 0.2) is 59.7 Å². The lowest BCUT2D eigenvalue weighted by Gasteiger charge is -2.15. The number of hydrogen-bond acceptors (Lipinski definition) is 5. The van der Waals surface area contributed by atoms with E-state index in [2.05, 4.69) is 17.3 Å². The van der Waals surface area contributed by atoms with Crippen molar-refractivity contribution in [1.82, 2.24) is 5.01 Å². The average molecular weight is 437 g/mol. The molecular weight excluding hydrogens is 416 g/mol. The molecule has 2 fully saturated rings. The molecule has 6 nitrogen and oxygen atoms in total. The number of hydrazone groups is 1. The Morgan fingerprint density at radius 1 is 1.06 bits per heavy atom. The van der Waals surface area contributed by atoms with Crippen LogP contribution < -0.4 is 9.47 Å². The van der Waals surface area contributed by atoms with E-state index in [1.54, 1.807) is 31.4 Å². The van der Waals surface area contributed by atoms with Crippen molar-refractivity contribution in [3.8, 4) is 11.5 Å². The fourth-order valence-corrected chi connectivity index (χ4v) is 5.03. The van der Waals surface area contributed by atoms with E-state index in [0.29, 0.717) is 22.1 Å². The Hall–Kier alpha value is -3.12. The second-order valence-electron chi connectivity index (χ2n) is 7.99. The first-order valence-corrected chi connectivity index (χ1v) is 10.6. The Bertz CT molecular complexity index is 1080. The number of carbonyl (C=O) groups is 2. The number of hydrogen-bond donors (Lipinski definition) is 0. The highest BCUT2D eigenvalue weighted by atomic mass is 35.5. The van der Waals surface area contributed by atoms with E-state index < -0.39 is 0 Å². The number of nitrogens with zero attached hydrogens (tertiary/aromatic N) is 2. The maximum Gasteiger partial charge on any atom is 0.254 e. The molecular formula is C24H21ClN2O4. The molecule has 0 N–H and O–H groups in total. The number of carbonyl (C=O) groups excluding carboxylic acids is 2. The average Bonchev–Trinajstić information content (AvgIpc) is 3.46. The number of imide groups is 1. The van der Waals surface area contributed by atoms with Crippen LogP contribution in [-0.2, 0) is 16.2 Å². The van der Waals surface area contributed by atoms with Gasteiger partial charge in [-0.05, 0) is 36.5 Å². The van der Waals surface area contributed by atoms with Gasteiger partial charge in [0.1, 0.15) is 6.61 Å². The number of amides is 2. The third-order valence-electron chi connectivity index (χ3n) is 6.32. The Balaban J connectivity index is 1.39. The van der Waals surface area contributed by atoms with Crippen LogP contribution in [-0.4, -0.2) is 30.1 Å². The first kappa shape index (κ1) is 19.8. The lowest BCUT2D eigenvalue weighted by Crippen LogP contribution is -2.28. The lowest BCUT2D eigenvalue weighted by molar-refractivity contribution is -0.140. The summed E-state index contributed by atoms with van der Waals surface area (Å²) in [7, 11) is 1.55. The molecule has 3 aliphatic rings. The molecule has 2 amide bonds. The van der Waals surface area contributed by atoms with Crippen LogP contribution in [0.1, 0.15) is 17.5 Å². The molecule has 0 radical (unpaired) electrons. The van der Waals surface area contributed by atoms with Gasteiger partial charge >= 0.3 is 0 Å². The summed E-state index contributed by atoms with van der Waals surface area (Å²) in [6.45, 7) is 0.238. The quantitative estimate of drug-likeness (QED) is 0.389. The van der Waals surface area contributed by atoms with Gasteiger partial charge in [0.25, 0.3) is 11.8 Å². The summed E-state index contributed by atoms with van der Waals surface area (Å²) in [5, 5.41) is 5.90. The van der Waals surface area contributed by atoms with E-state index in [1.807, 2.05) is 18.2 Å². The Morgan fingerprint density at radius 3 is 2.45 bits per heavy atom. The number of allylic oxidation sites excluding steroid dienone is 2. The molecule has 1 saturated heterocycles. The second-order valence-corrected chi connectivity index (χ2v) is 8.40. The molecule has 1 aliphatic heterocycles. The van der Waals surface area contributed by atoms with Gasteiger partial charge in [-0.25, -0.2) is 0 Å². The normalized spacial score (nSPS) is 26.2. The maximum absolute atomic E-state index is 12.9. The van der Waals surface area contributed by atoms with Crippen LogP contribution in [0.4, 0.5) is 0 Å². The van der Waals surface area contributed by atoms with E-state index >= 15 is 0 Å². The van der Waals surface area contributed by atoms with Crippen molar-refractivity contribution < 1.29 is 19.1 Å².